The van der Waals surface area contributed by atoms with Crippen molar-refractivity contribution in [2.75, 3.05) is 6.54 Å². The third-order valence-corrected chi connectivity index (χ3v) is 3.08. The maximum atomic E-state index is 13.4. The van der Waals surface area contributed by atoms with Gasteiger partial charge in [-0.2, -0.15) is 0 Å². The van der Waals surface area contributed by atoms with Crippen LogP contribution in [0.5, 0.6) is 0 Å². The van der Waals surface area contributed by atoms with Crippen LogP contribution >= 0.6 is 27.5 Å². The first-order valence-corrected chi connectivity index (χ1v) is 6.25. The molecule has 6 heteroatoms. The van der Waals surface area contributed by atoms with Crippen molar-refractivity contribution in [3.8, 4) is 0 Å². The van der Waals surface area contributed by atoms with E-state index in [-0.39, 0.29) is 16.4 Å². The second-order valence-corrected chi connectivity index (χ2v) is 4.99. The van der Waals surface area contributed by atoms with Crippen LogP contribution in [0.15, 0.2) is 16.6 Å². The third-order valence-electron chi connectivity index (χ3n) is 2.16. The Kier molecular flexibility index (Phi) is 5.33. The van der Waals surface area contributed by atoms with Gasteiger partial charge in [0.05, 0.1) is 5.38 Å². The lowest BCUT2D eigenvalue weighted by molar-refractivity contribution is 0.0945. The molecule has 0 fully saturated rings. The second-order valence-electron chi connectivity index (χ2n) is 3.46. The Balaban J connectivity index is 2.82. The number of hydrogen-bond donors (Lipinski definition) is 1. The standard InChI is InChI=1S/C11H11BrClF2NO/c1-2-7(13)5-16-11(17)10-8(14)3-6(12)4-9(10)15/h3-4,7H,2,5H2,1H3,(H,16,17). The van der Waals surface area contributed by atoms with Crippen molar-refractivity contribution in [2.24, 2.45) is 0 Å². The smallest absolute Gasteiger partial charge is 0.257 e. The maximum absolute atomic E-state index is 13.4. The van der Waals surface area contributed by atoms with Crippen LogP contribution in [-0.2, 0) is 0 Å². The molecule has 1 rings (SSSR count). The molecule has 0 aliphatic carbocycles. The van der Waals surface area contributed by atoms with Crippen molar-refractivity contribution in [3.63, 3.8) is 0 Å². The molecule has 0 bridgehead atoms. The van der Waals surface area contributed by atoms with E-state index in [2.05, 4.69) is 21.2 Å². The zero-order valence-corrected chi connectivity index (χ0v) is 11.4. The van der Waals surface area contributed by atoms with Crippen molar-refractivity contribution in [1.82, 2.24) is 5.32 Å². The van der Waals surface area contributed by atoms with Crippen molar-refractivity contribution < 1.29 is 13.6 Å². The van der Waals surface area contributed by atoms with E-state index in [0.717, 1.165) is 12.1 Å². The highest BCUT2D eigenvalue weighted by atomic mass is 79.9. The third kappa shape index (κ3) is 3.92. The van der Waals surface area contributed by atoms with E-state index in [1.165, 1.54) is 0 Å². The molecule has 0 aliphatic heterocycles. The van der Waals surface area contributed by atoms with Crippen LogP contribution < -0.4 is 5.32 Å². The first-order chi connectivity index (χ1) is 7.95. The van der Waals surface area contributed by atoms with Gasteiger partial charge in [-0.15, -0.1) is 11.6 Å². The molecule has 1 unspecified atom stereocenters. The highest BCUT2D eigenvalue weighted by Gasteiger charge is 2.18. The monoisotopic (exact) mass is 325 g/mol. The first-order valence-electron chi connectivity index (χ1n) is 5.02. The summed E-state index contributed by atoms with van der Waals surface area (Å²) in [6.45, 7) is 2.02. The molecular formula is C11H11BrClF2NO. The topological polar surface area (TPSA) is 29.1 Å². The number of benzene rings is 1. The van der Waals surface area contributed by atoms with Gasteiger partial charge in [-0.1, -0.05) is 22.9 Å². The fourth-order valence-corrected chi connectivity index (χ4v) is 1.67. The number of alkyl halides is 1. The lowest BCUT2D eigenvalue weighted by Crippen LogP contribution is -2.30. The van der Waals surface area contributed by atoms with Crippen molar-refractivity contribution in [3.05, 3.63) is 33.8 Å². The molecule has 1 atom stereocenters. The molecular weight excluding hydrogens is 315 g/mol. The summed E-state index contributed by atoms with van der Waals surface area (Å²) in [5.41, 5.74) is -0.590. The Morgan fingerprint density at radius 3 is 2.47 bits per heavy atom. The molecule has 0 saturated heterocycles. The fourth-order valence-electron chi connectivity index (χ4n) is 1.20. The van der Waals surface area contributed by atoms with Gasteiger partial charge in [0.1, 0.15) is 17.2 Å². The molecule has 1 aromatic rings. The van der Waals surface area contributed by atoms with E-state index in [4.69, 9.17) is 11.6 Å². The van der Waals surface area contributed by atoms with Crippen LogP contribution in [0.25, 0.3) is 0 Å². The summed E-state index contributed by atoms with van der Waals surface area (Å²) in [6.07, 6.45) is 0.660. The Labute approximate surface area is 111 Å². The summed E-state index contributed by atoms with van der Waals surface area (Å²) in [5, 5.41) is 2.14. The quantitative estimate of drug-likeness (QED) is 0.843. The van der Waals surface area contributed by atoms with Crippen molar-refractivity contribution in [1.29, 1.82) is 0 Å². The van der Waals surface area contributed by atoms with Gasteiger partial charge in [-0.25, -0.2) is 8.78 Å². The van der Waals surface area contributed by atoms with Gasteiger partial charge in [0.15, 0.2) is 0 Å². The van der Waals surface area contributed by atoms with E-state index in [9.17, 15) is 13.6 Å². The SMILES string of the molecule is CCC(Cl)CNC(=O)c1c(F)cc(Br)cc1F. The minimum Gasteiger partial charge on any atom is -0.350 e. The lowest BCUT2D eigenvalue weighted by atomic mass is 10.2. The van der Waals surface area contributed by atoms with Crippen LogP contribution in [0.2, 0.25) is 0 Å². The molecule has 0 aliphatic rings. The molecule has 0 aromatic heterocycles. The number of carbonyl (C=O) groups is 1. The van der Waals surface area contributed by atoms with Crippen LogP contribution in [0.1, 0.15) is 23.7 Å². The van der Waals surface area contributed by atoms with Crippen LogP contribution in [0.3, 0.4) is 0 Å². The molecule has 94 valence electrons. The first kappa shape index (κ1) is 14.4. The van der Waals surface area contributed by atoms with Gasteiger partial charge in [0, 0.05) is 11.0 Å². The molecule has 1 N–H and O–H groups in total. The Hall–Kier alpha value is -0.680. The average Bonchev–Trinajstić information content (AvgIpc) is 2.24. The zero-order chi connectivity index (χ0) is 13.0. The number of nitrogens with one attached hydrogen (secondary N) is 1. The van der Waals surface area contributed by atoms with E-state index in [1.54, 1.807) is 0 Å². The van der Waals surface area contributed by atoms with Gasteiger partial charge in [0.2, 0.25) is 0 Å². The highest BCUT2D eigenvalue weighted by molar-refractivity contribution is 9.10. The summed E-state index contributed by atoms with van der Waals surface area (Å²) >= 11 is 8.73. The number of hydrogen-bond acceptors (Lipinski definition) is 1. The minimum atomic E-state index is -0.906. The summed E-state index contributed by atoms with van der Waals surface area (Å²) < 4.78 is 27.1. The molecule has 1 amide bonds. The molecule has 0 spiro atoms. The predicted octanol–water partition coefficient (Wildman–Crippen LogP) is 3.47. The van der Waals surface area contributed by atoms with Crippen LogP contribution in [-0.4, -0.2) is 17.8 Å². The number of halogens is 4. The van der Waals surface area contributed by atoms with Gasteiger partial charge in [-0.05, 0) is 18.6 Å². The molecule has 2 nitrogen and oxygen atoms in total. The molecule has 1 aromatic carbocycles. The Morgan fingerprint density at radius 1 is 1.47 bits per heavy atom. The van der Waals surface area contributed by atoms with Crippen molar-refractivity contribution in [2.45, 2.75) is 18.7 Å². The van der Waals surface area contributed by atoms with Crippen LogP contribution in [0, 0.1) is 11.6 Å². The van der Waals surface area contributed by atoms with E-state index >= 15 is 0 Å². The summed E-state index contributed by atoms with van der Waals surface area (Å²) in [5.74, 6) is -2.61. The van der Waals surface area contributed by atoms with Gasteiger partial charge in [0.25, 0.3) is 5.91 Å². The van der Waals surface area contributed by atoms with E-state index in [1.807, 2.05) is 6.92 Å². The normalized spacial score (nSPS) is 12.3. The van der Waals surface area contributed by atoms with Gasteiger partial charge in [-0.3, -0.25) is 4.79 Å². The zero-order valence-electron chi connectivity index (χ0n) is 9.07. The lowest BCUT2D eigenvalue weighted by Gasteiger charge is -2.10. The Bertz CT molecular complexity index is 405. The van der Waals surface area contributed by atoms with Crippen LogP contribution in [0.4, 0.5) is 8.78 Å². The number of amides is 1. The van der Waals surface area contributed by atoms with E-state index in [0.29, 0.717) is 6.42 Å². The highest BCUT2D eigenvalue weighted by Crippen LogP contribution is 2.19. The Morgan fingerprint density at radius 2 is 2.00 bits per heavy atom. The molecule has 0 heterocycles. The summed E-state index contributed by atoms with van der Waals surface area (Å²) in [6, 6.07) is 2.08. The number of rotatable bonds is 4. The maximum Gasteiger partial charge on any atom is 0.257 e. The van der Waals surface area contributed by atoms with E-state index < -0.39 is 23.1 Å². The predicted molar refractivity (Wildman–Crippen MR) is 66.3 cm³/mol. The minimum absolute atomic E-state index is 0.172. The largest absolute Gasteiger partial charge is 0.350 e. The second kappa shape index (κ2) is 6.31. The molecule has 0 radical (unpaired) electrons. The number of carbonyl (C=O) groups excluding carboxylic acids is 1. The average molecular weight is 327 g/mol. The molecule has 17 heavy (non-hydrogen) atoms. The summed E-state index contributed by atoms with van der Waals surface area (Å²) in [7, 11) is 0. The molecule has 0 saturated carbocycles. The van der Waals surface area contributed by atoms with Gasteiger partial charge < -0.3 is 5.32 Å². The fraction of sp³-hybridized carbons (Fsp3) is 0.364. The van der Waals surface area contributed by atoms with Gasteiger partial charge >= 0.3 is 0 Å². The summed E-state index contributed by atoms with van der Waals surface area (Å²) in [4.78, 5) is 11.6. The van der Waals surface area contributed by atoms with Crippen molar-refractivity contribution >= 4 is 33.4 Å².